The van der Waals surface area contributed by atoms with E-state index in [0.717, 1.165) is 12.8 Å². The lowest BCUT2D eigenvalue weighted by molar-refractivity contribution is 0.0785. The van der Waals surface area contributed by atoms with Gasteiger partial charge in [-0.25, -0.2) is 4.98 Å². The number of aromatic nitrogens is 1. The van der Waals surface area contributed by atoms with Crippen molar-refractivity contribution in [3.05, 3.63) is 22.8 Å². The Balaban J connectivity index is 2.27. The highest BCUT2D eigenvalue weighted by molar-refractivity contribution is 6.33. The number of nitrogens with two attached hydrogens (primary N) is 1. The van der Waals surface area contributed by atoms with Gasteiger partial charge in [0.2, 0.25) is 0 Å². The molecular formula is C10H12ClN3O. The lowest BCUT2D eigenvalue weighted by atomic mass is 10.2. The van der Waals surface area contributed by atoms with E-state index >= 15 is 0 Å². The Morgan fingerprint density at radius 1 is 1.67 bits per heavy atom. The summed E-state index contributed by atoms with van der Waals surface area (Å²) < 4.78 is 0. The van der Waals surface area contributed by atoms with E-state index in [9.17, 15) is 4.79 Å². The number of rotatable bonds is 2. The Morgan fingerprint density at radius 3 is 2.93 bits per heavy atom. The van der Waals surface area contributed by atoms with Gasteiger partial charge in [0.05, 0.1) is 10.6 Å². The summed E-state index contributed by atoms with van der Waals surface area (Å²) in [4.78, 5) is 17.5. The molecule has 1 heterocycles. The smallest absolute Gasteiger partial charge is 0.255 e. The average Bonchev–Trinajstić information content (AvgIpc) is 3.03. The summed E-state index contributed by atoms with van der Waals surface area (Å²) in [5, 5.41) is 0.349. The third kappa shape index (κ3) is 2.04. The van der Waals surface area contributed by atoms with Crippen LogP contribution < -0.4 is 5.73 Å². The summed E-state index contributed by atoms with van der Waals surface area (Å²) >= 11 is 5.89. The van der Waals surface area contributed by atoms with Crippen LogP contribution in [0.3, 0.4) is 0 Å². The standard InChI is InChI=1S/C10H12ClN3O/c1-14(6-2-3-6)10(15)7-4-9(12)13-5-8(7)11/h4-6H,2-3H2,1H3,(H2,12,13). The number of hydrogen-bond acceptors (Lipinski definition) is 3. The van der Waals surface area contributed by atoms with Gasteiger partial charge < -0.3 is 10.6 Å². The Labute approximate surface area is 93.0 Å². The quantitative estimate of drug-likeness (QED) is 0.831. The van der Waals surface area contributed by atoms with Crippen LogP contribution in [0.5, 0.6) is 0 Å². The molecule has 0 unspecified atom stereocenters. The van der Waals surface area contributed by atoms with Crippen molar-refractivity contribution in [3.63, 3.8) is 0 Å². The molecule has 1 saturated carbocycles. The maximum atomic E-state index is 12.0. The molecule has 0 spiro atoms. The first-order chi connectivity index (χ1) is 7.09. The van der Waals surface area contributed by atoms with Gasteiger partial charge in [-0.2, -0.15) is 0 Å². The normalized spacial score (nSPS) is 15.1. The van der Waals surface area contributed by atoms with Crippen LogP contribution >= 0.6 is 11.6 Å². The van der Waals surface area contributed by atoms with E-state index in [2.05, 4.69) is 4.98 Å². The molecule has 5 heteroatoms. The van der Waals surface area contributed by atoms with Crippen LogP contribution in [-0.4, -0.2) is 28.9 Å². The van der Waals surface area contributed by atoms with E-state index in [1.54, 1.807) is 11.9 Å². The number of halogens is 1. The predicted molar refractivity (Wildman–Crippen MR) is 58.8 cm³/mol. The number of amides is 1. The van der Waals surface area contributed by atoms with Crippen LogP contribution in [0.4, 0.5) is 5.82 Å². The Hall–Kier alpha value is -1.29. The number of carbonyl (C=O) groups is 1. The van der Waals surface area contributed by atoms with Crippen LogP contribution in [0, 0.1) is 0 Å². The van der Waals surface area contributed by atoms with E-state index in [1.807, 2.05) is 0 Å². The zero-order valence-electron chi connectivity index (χ0n) is 8.40. The van der Waals surface area contributed by atoms with Gasteiger partial charge in [0.1, 0.15) is 5.82 Å². The van der Waals surface area contributed by atoms with Crippen LogP contribution in [0.2, 0.25) is 5.02 Å². The predicted octanol–water partition coefficient (Wildman–Crippen LogP) is 1.55. The Morgan fingerprint density at radius 2 is 2.33 bits per heavy atom. The van der Waals surface area contributed by atoms with Crippen molar-refractivity contribution in [3.8, 4) is 0 Å². The third-order valence-corrected chi connectivity index (χ3v) is 2.82. The van der Waals surface area contributed by atoms with E-state index < -0.39 is 0 Å². The summed E-state index contributed by atoms with van der Waals surface area (Å²) in [5.74, 6) is 0.226. The monoisotopic (exact) mass is 225 g/mol. The number of hydrogen-bond donors (Lipinski definition) is 1. The summed E-state index contributed by atoms with van der Waals surface area (Å²) in [6.45, 7) is 0. The first kappa shape index (κ1) is 10.2. The molecule has 2 N–H and O–H groups in total. The van der Waals surface area contributed by atoms with Crippen molar-refractivity contribution in [2.45, 2.75) is 18.9 Å². The molecule has 15 heavy (non-hydrogen) atoms. The van der Waals surface area contributed by atoms with Crippen LogP contribution in [0.1, 0.15) is 23.2 Å². The fourth-order valence-corrected chi connectivity index (χ4v) is 1.62. The van der Waals surface area contributed by atoms with Gasteiger partial charge in [-0.15, -0.1) is 0 Å². The van der Waals surface area contributed by atoms with E-state index in [1.165, 1.54) is 12.3 Å². The Bertz CT molecular complexity index is 404. The molecule has 1 amide bonds. The highest BCUT2D eigenvalue weighted by Crippen LogP contribution is 2.28. The topological polar surface area (TPSA) is 59.2 Å². The molecule has 0 radical (unpaired) electrons. The summed E-state index contributed by atoms with van der Waals surface area (Å²) in [5.41, 5.74) is 5.95. The molecular weight excluding hydrogens is 214 g/mol. The number of anilines is 1. The molecule has 1 aromatic heterocycles. The van der Waals surface area contributed by atoms with Gasteiger partial charge in [-0.05, 0) is 18.9 Å². The van der Waals surface area contributed by atoms with E-state index in [0.29, 0.717) is 22.4 Å². The van der Waals surface area contributed by atoms with E-state index in [-0.39, 0.29) is 5.91 Å². The van der Waals surface area contributed by atoms with Crippen molar-refractivity contribution >= 4 is 23.3 Å². The van der Waals surface area contributed by atoms with Crippen molar-refractivity contribution in [1.82, 2.24) is 9.88 Å². The maximum absolute atomic E-state index is 12.0. The van der Waals surface area contributed by atoms with Crippen LogP contribution in [0.15, 0.2) is 12.3 Å². The molecule has 0 bridgehead atoms. The van der Waals surface area contributed by atoms with Crippen LogP contribution in [0.25, 0.3) is 0 Å². The molecule has 1 aliphatic carbocycles. The van der Waals surface area contributed by atoms with Gasteiger partial charge in [0.15, 0.2) is 0 Å². The summed E-state index contributed by atoms with van der Waals surface area (Å²) in [6.07, 6.45) is 3.55. The largest absolute Gasteiger partial charge is 0.384 e. The highest BCUT2D eigenvalue weighted by Gasteiger charge is 2.30. The number of pyridine rings is 1. The lowest BCUT2D eigenvalue weighted by Gasteiger charge is -2.16. The van der Waals surface area contributed by atoms with Gasteiger partial charge in [-0.3, -0.25) is 4.79 Å². The second-order valence-electron chi connectivity index (χ2n) is 3.74. The van der Waals surface area contributed by atoms with Crippen molar-refractivity contribution in [1.29, 1.82) is 0 Å². The first-order valence-electron chi connectivity index (χ1n) is 4.78. The third-order valence-electron chi connectivity index (χ3n) is 2.52. The lowest BCUT2D eigenvalue weighted by Crippen LogP contribution is -2.29. The van der Waals surface area contributed by atoms with Crippen LogP contribution in [-0.2, 0) is 0 Å². The summed E-state index contributed by atoms with van der Waals surface area (Å²) in [7, 11) is 1.78. The Kier molecular flexibility index (Phi) is 2.52. The van der Waals surface area contributed by atoms with Gasteiger partial charge >= 0.3 is 0 Å². The molecule has 0 aliphatic heterocycles. The van der Waals surface area contributed by atoms with Gasteiger partial charge in [0, 0.05) is 19.3 Å². The van der Waals surface area contributed by atoms with Gasteiger partial charge in [0.25, 0.3) is 5.91 Å². The maximum Gasteiger partial charge on any atom is 0.255 e. The second-order valence-corrected chi connectivity index (χ2v) is 4.14. The molecule has 0 aromatic carbocycles. The fraction of sp³-hybridized carbons (Fsp3) is 0.400. The number of nitrogens with zero attached hydrogens (tertiary/aromatic N) is 2. The average molecular weight is 226 g/mol. The zero-order valence-corrected chi connectivity index (χ0v) is 9.16. The minimum Gasteiger partial charge on any atom is -0.384 e. The highest BCUT2D eigenvalue weighted by atomic mass is 35.5. The number of carbonyl (C=O) groups excluding carboxylic acids is 1. The van der Waals surface area contributed by atoms with Crippen molar-refractivity contribution in [2.24, 2.45) is 0 Å². The molecule has 1 fully saturated rings. The van der Waals surface area contributed by atoms with Crippen molar-refractivity contribution in [2.75, 3.05) is 12.8 Å². The van der Waals surface area contributed by atoms with E-state index in [4.69, 9.17) is 17.3 Å². The molecule has 0 saturated heterocycles. The molecule has 1 aromatic rings. The molecule has 2 rings (SSSR count). The zero-order chi connectivity index (χ0) is 11.0. The molecule has 4 nitrogen and oxygen atoms in total. The first-order valence-corrected chi connectivity index (χ1v) is 5.15. The molecule has 80 valence electrons. The summed E-state index contributed by atoms with van der Waals surface area (Å²) in [6, 6.07) is 1.88. The second kappa shape index (κ2) is 3.70. The van der Waals surface area contributed by atoms with Crippen molar-refractivity contribution < 1.29 is 4.79 Å². The minimum atomic E-state index is -0.0865. The molecule has 1 aliphatic rings. The fourth-order valence-electron chi connectivity index (χ4n) is 1.44. The van der Waals surface area contributed by atoms with Gasteiger partial charge in [-0.1, -0.05) is 11.6 Å². The molecule has 0 atom stereocenters. The number of nitrogen functional groups attached to an aromatic ring is 1. The SMILES string of the molecule is CN(C(=O)c1cc(N)ncc1Cl)C1CC1. The minimum absolute atomic E-state index is 0.0865.